The van der Waals surface area contributed by atoms with E-state index in [0.29, 0.717) is 52.4 Å². The van der Waals surface area contributed by atoms with E-state index in [1.54, 1.807) is 12.1 Å². The smallest absolute Gasteiger partial charge is 0.253 e. The summed E-state index contributed by atoms with van der Waals surface area (Å²) in [6.07, 6.45) is 6.57. The lowest BCUT2D eigenvalue weighted by atomic mass is 9.50. The minimum Gasteiger partial charge on any atom is -0.484 e. The summed E-state index contributed by atoms with van der Waals surface area (Å²) in [5.74, 6) is 1.02. The van der Waals surface area contributed by atoms with Crippen LogP contribution in [0.4, 0.5) is 4.39 Å². The number of rotatable bonds is 7. The van der Waals surface area contributed by atoms with Crippen LogP contribution < -0.4 is 10.1 Å². The first kappa shape index (κ1) is 25.6. The van der Waals surface area contributed by atoms with E-state index in [2.05, 4.69) is 36.5 Å². The Morgan fingerprint density at radius 2 is 1.80 bits per heavy atom. The van der Waals surface area contributed by atoms with Crippen molar-refractivity contribution >= 4 is 28.4 Å². The normalized spacial score (nSPS) is 23.9. The van der Waals surface area contributed by atoms with Crippen molar-refractivity contribution in [2.24, 2.45) is 11.3 Å². The van der Waals surface area contributed by atoms with Gasteiger partial charge in [-0.2, -0.15) is 0 Å². The first-order valence-corrected chi connectivity index (χ1v) is 14.5. The highest BCUT2D eigenvalue weighted by Crippen LogP contribution is 2.58. The molecule has 1 aromatic heterocycles. The van der Waals surface area contributed by atoms with Gasteiger partial charge in [0.05, 0.1) is 29.3 Å². The van der Waals surface area contributed by atoms with Crippen LogP contribution in [0.5, 0.6) is 5.75 Å². The van der Waals surface area contributed by atoms with E-state index in [1.807, 2.05) is 29.0 Å². The predicted octanol–water partition coefficient (Wildman–Crippen LogP) is 7.24. The molecule has 206 valence electrons. The average molecular weight is 559 g/mol. The number of aromatic nitrogens is 1. The second-order valence-corrected chi connectivity index (χ2v) is 12.4. The van der Waals surface area contributed by atoms with Crippen molar-refractivity contribution in [1.29, 1.82) is 0 Å². The van der Waals surface area contributed by atoms with Gasteiger partial charge in [0.2, 0.25) is 0 Å². The molecule has 0 bridgehead atoms. The van der Waals surface area contributed by atoms with E-state index in [-0.39, 0.29) is 23.9 Å². The summed E-state index contributed by atoms with van der Waals surface area (Å²) >= 11 is 6.48. The van der Waals surface area contributed by atoms with Crippen LogP contribution in [0, 0.1) is 17.2 Å². The van der Waals surface area contributed by atoms with Crippen LogP contribution in [0.25, 0.3) is 22.0 Å². The van der Waals surface area contributed by atoms with Crippen LogP contribution in [0.1, 0.15) is 48.5 Å². The average Bonchev–Trinajstić information content (AvgIpc) is 3.30. The number of ether oxygens (including phenoxy) is 2. The third-order valence-electron chi connectivity index (χ3n) is 8.85. The van der Waals surface area contributed by atoms with Gasteiger partial charge >= 0.3 is 0 Å². The van der Waals surface area contributed by atoms with Crippen molar-refractivity contribution in [3.8, 4) is 16.9 Å². The van der Waals surface area contributed by atoms with Gasteiger partial charge in [-0.05, 0) is 84.0 Å². The maximum atomic E-state index is 14.7. The molecule has 2 aliphatic carbocycles. The molecule has 7 rings (SSSR count). The summed E-state index contributed by atoms with van der Waals surface area (Å²) in [4.78, 5) is 13.3. The number of fused-ring (bicyclic) bond motifs is 1. The summed E-state index contributed by atoms with van der Waals surface area (Å²) < 4.78 is 27.7. The summed E-state index contributed by atoms with van der Waals surface area (Å²) in [5, 5.41) is 4.25. The first-order chi connectivity index (χ1) is 19.4. The minimum absolute atomic E-state index is 0.0639. The molecule has 3 aliphatic rings. The summed E-state index contributed by atoms with van der Waals surface area (Å²) in [7, 11) is 0. The van der Waals surface area contributed by atoms with Crippen molar-refractivity contribution in [1.82, 2.24) is 9.88 Å². The van der Waals surface area contributed by atoms with Crippen LogP contribution in [0.15, 0.2) is 66.9 Å². The zero-order valence-electron chi connectivity index (χ0n) is 22.5. The maximum absolute atomic E-state index is 14.7. The van der Waals surface area contributed by atoms with Crippen LogP contribution >= 0.6 is 11.6 Å². The zero-order chi connectivity index (χ0) is 27.4. The minimum atomic E-state index is -0.319. The Bertz CT molecular complexity index is 1580. The largest absolute Gasteiger partial charge is 0.484 e. The fourth-order valence-corrected chi connectivity index (χ4v) is 7.17. The monoisotopic (exact) mass is 558 g/mol. The molecule has 4 aromatic rings. The van der Waals surface area contributed by atoms with Crippen molar-refractivity contribution in [3.63, 3.8) is 0 Å². The highest BCUT2D eigenvalue weighted by atomic mass is 35.5. The molecule has 1 amide bonds. The van der Waals surface area contributed by atoms with Gasteiger partial charge in [-0.25, -0.2) is 4.39 Å². The number of hydrogen-bond acceptors (Lipinski definition) is 3. The zero-order valence-corrected chi connectivity index (χ0v) is 23.2. The van der Waals surface area contributed by atoms with Crippen LogP contribution in [-0.2, 0) is 11.3 Å². The van der Waals surface area contributed by atoms with E-state index >= 15 is 0 Å². The van der Waals surface area contributed by atoms with E-state index < -0.39 is 0 Å². The highest BCUT2D eigenvalue weighted by molar-refractivity contribution is 6.32. The summed E-state index contributed by atoms with van der Waals surface area (Å²) in [5.41, 5.74) is 4.68. The molecule has 1 saturated heterocycles. The van der Waals surface area contributed by atoms with E-state index in [0.717, 1.165) is 35.4 Å². The maximum Gasteiger partial charge on any atom is 0.253 e. The van der Waals surface area contributed by atoms with Crippen molar-refractivity contribution < 1.29 is 18.7 Å². The number of halogens is 2. The van der Waals surface area contributed by atoms with Gasteiger partial charge in [0.25, 0.3) is 5.91 Å². The predicted molar refractivity (Wildman–Crippen MR) is 154 cm³/mol. The molecule has 3 fully saturated rings. The van der Waals surface area contributed by atoms with Gasteiger partial charge in [-0.15, -0.1) is 0 Å². The van der Waals surface area contributed by atoms with E-state index in [9.17, 15) is 9.18 Å². The summed E-state index contributed by atoms with van der Waals surface area (Å²) in [6.45, 7) is 4.00. The number of nitrogens with zero attached hydrogens (tertiary/aromatic N) is 1. The Labute approximate surface area is 238 Å². The van der Waals surface area contributed by atoms with Gasteiger partial charge in [0, 0.05) is 24.2 Å². The molecule has 5 nitrogen and oxygen atoms in total. The lowest BCUT2D eigenvalue weighted by Gasteiger charge is -2.57. The molecule has 0 radical (unpaired) electrons. The second-order valence-electron chi connectivity index (χ2n) is 12.0. The molecule has 1 N–H and O–H groups in total. The lowest BCUT2D eigenvalue weighted by molar-refractivity contribution is -0.0796. The van der Waals surface area contributed by atoms with Gasteiger partial charge in [0.1, 0.15) is 17.7 Å². The van der Waals surface area contributed by atoms with Crippen LogP contribution in [-0.4, -0.2) is 35.8 Å². The Morgan fingerprint density at radius 3 is 2.48 bits per heavy atom. The number of amides is 1. The number of carbonyl (C=O) groups excluding carboxylic acids is 1. The van der Waals surface area contributed by atoms with Gasteiger partial charge < -0.3 is 19.4 Å². The number of hydrogen-bond donors (Lipinski definition) is 1. The Balaban J connectivity index is 1.07. The van der Waals surface area contributed by atoms with Crippen molar-refractivity contribution in [3.05, 3.63) is 88.8 Å². The molecule has 7 heteroatoms. The third-order valence-corrected chi connectivity index (χ3v) is 9.14. The fraction of sp³-hybridized carbons (Fsp3) is 0.364. The Kier molecular flexibility index (Phi) is 6.36. The van der Waals surface area contributed by atoms with Crippen LogP contribution in [0.2, 0.25) is 5.02 Å². The molecule has 40 heavy (non-hydrogen) atoms. The lowest BCUT2D eigenvalue weighted by Crippen LogP contribution is -2.55. The Morgan fingerprint density at radius 1 is 1.05 bits per heavy atom. The third kappa shape index (κ3) is 4.67. The number of benzene rings is 3. The second kappa shape index (κ2) is 9.93. The van der Waals surface area contributed by atoms with Crippen LogP contribution in [0.3, 0.4) is 0 Å². The molecular weight excluding hydrogens is 527 g/mol. The van der Waals surface area contributed by atoms with E-state index in [1.165, 1.54) is 18.9 Å². The standard InChI is InChI=1S/C33H32ClFN2O3/c1-20-13-33(14-20)15-24(16-33)36-32(38)27-7-8-29(35)26-10-11-37(31(26)27)17-21-2-4-22(5-3-21)23-6-9-30(28(34)12-23)40-25-18-39-19-25/h2-12,20,24-25H,13-19H2,1H3,(H,36,38). The Hall–Kier alpha value is -3.35. The first-order valence-electron chi connectivity index (χ1n) is 14.1. The highest BCUT2D eigenvalue weighted by Gasteiger charge is 2.51. The molecule has 3 aromatic carbocycles. The van der Waals surface area contributed by atoms with Gasteiger partial charge in [0.15, 0.2) is 0 Å². The van der Waals surface area contributed by atoms with E-state index in [4.69, 9.17) is 21.1 Å². The topological polar surface area (TPSA) is 52.5 Å². The molecule has 1 spiro atoms. The number of carbonyl (C=O) groups is 1. The number of nitrogens with one attached hydrogen (secondary N) is 1. The summed E-state index contributed by atoms with van der Waals surface area (Å²) in [6, 6.07) is 19.0. The van der Waals surface area contributed by atoms with Crippen molar-refractivity contribution in [2.75, 3.05) is 13.2 Å². The molecule has 1 aliphatic heterocycles. The SMILES string of the molecule is CC1CC2(C1)CC(NC(=O)c1ccc(F)c3ccn(Cc4ccc(-c5ccc(OC6COC6)c(Cl)c5)cc4)c13)C2. The molecular formula is C33H32ClFN2O3. The van der Waals surface area contributed by atoms with Crippen molar-refractivity contribution in [2.45, 2.75) is 51.3 Å². The molecule has 0 unspecified atom stereocenters. The molecule has 2 saturated carbocycles. The quantitative estimate of drug-likeness (QED) is 0.260. The molecule has 2 heterocycles. The van der Waals surface area contributed by atoms with Gasteiger partial charge in [-0.3, -0.25) is 4.79 Å². The molecule has 0 atom stereocenters. The fourth-order valence-electron chi connectivity index (χ4n) is 6.95. The van der Waals surface area contributed by atoms with Gasteiger partial charge in [-0.1, -0.05) is 48.9 Å².